The fraction of sp³-hybridized carbons (Fsp3) is 0.375. The summed E-state index contributed by atoms with van der Waals surface area (Å²) in [6.45, 7) is 6.08. The predicted octanol–water partition coefficient (Wildman–Crippen LogP) is 3.49. The first kappa shape index (κ1) is 15.1. The number of H-pyrrole nitrogens is 1. The van der Waals surface area contributed by atoms with Gasteiger partial charge in [-0.3, -0.25) is 0 Å². The zero-order chi connectivity index (χ0) is 15.3. The van der Waals surface area contributed by atoms with Gasteiger partial charge in [-0.1, -0.05) is 12.2 Å². The lowest BCUT2D eigenvalue weighted by atomic mass is 10.1. The van der Waals surface area contributed by atoms with Crippen LogP contribution < -0.4 is 5.32 Å². The fourth-order valence-electron chi connectivity index (χ4n) is 1.91. The third kappa shape index (κ3) is 4.63. The Kier molecular flexibility index (Phi) is 4.62. The van der Waals surface area contributed by atoms with Crippen molar-refractivity contribution in [3.05, 3.63) is 36.2 Å². The molecular formula is C16H21N3O2. The highest BCUT2D eigenvalue weighted by Gasteiger charge is 2.15. The van der Waals surface area contributed by atoms with E-state index in [2.05, 4.69) is 15.3 Å². The summed E-state index contributed by atoms with van der Waals surface area (Å²) in [5.74, 6) is 0. The van der Waals surface area contributed by atoms with E-state index in [0.717, 1.165) is 23.0 Å². The molecule has 0 bridgehead atoms. The molecule has 0 aromatic carbocycles. The van der Waals surface area contributed by atoms with E-state index < -0.39 is 5.60 Å². The van der Waals surface area contributed by atoms with Crippen LogP contribution in [0.4, 0.5) is 4.79 Å². The Balaban J connectivity index is 1.81. The number of alkyl carbamates (subject to hydrolysis) is 1. The number of ether oxygens (including phenoxy) is 1. The molecule has 2 rings (SSSR count). The van der Waals surface area contributed by atoms with Crippen molar-refractivity contribution in [1.82, 2.24) is 15.3 Å². The fourth-order valence-corrected chi connectivity index (χ4v) is 1.91. The van der Waals surface area contributed by atoms with Gasteiger partial charge in [0.1, 0.15) is 11.2 Å². The van der Waals surface area contributed by atoms with Gasteiger partial charge in [-0.05, 0) is 44.9 Å². The molecule has 2 aromatic heterocycles. The number of nitrogens with zero attached hydrogens (tertiary/aromatic N) is 1. The Labute approximate surface area is 124 Å². The monoisotopic (exact) mass is 287 g/mol. The van der Waals surface area contributed by atoms with Crippen molar-refractivity contribution in [2.75, 3.05) is 6.54 Å². The summed E-state index contributed by atoms with van der Waals surface area (Å²) >= 11 is 0. The van der Waals surface area contributed by atoms with Crippen LogP contribution in [0.15, 0.2) is 30.6 Å². The van der Waals surface area contributed by atoms with E-state index in [1.807, 2.05) is 51.3 Å². The third-order valence-electron chi connectivity index (χ3n) is 2.77. The highest BCUT2D eigenvalue weighted by molar-refractivity contribution is 5.85. The normalized spacial score (nSPS) is 12.0. The van der Waals surface area contributed by atoms with Crippen LogP contribution in [0.3, 0.4) is 0 Å². The van der Waals surface area contributed by atoms with Crippen LogP contribution >= 0.6 is 0 Å². The number of rotatable bonds is 4. The van der Waals surface area contributed by atoms with Gasteiger partial charge >= 0.3 is 6.09 Å². The lowest BCUT2D eigenvalue weighted by Crippen LogP contribution is -2.32. The molecular weight excluding hydrogens is 266 g/mol. The molecule has 0 unspecified atom stereocenters. The zero-order valence-corrected chi connectivity index (χ0v) is 12.6. The minimum atomic E-state index is -0.461. The van der Waals surface area contributed by atoms with Crippen molar-refractivity contribution in [1.29, 1.82) is 0 Å². The summed E-state index contributed by atoms with van der Waals surface area (Å²) in [6.07, 6.45) is 8.07. The highest BCUT2D eigenvalue weighted by atomic mass is 16.6. The predicted molar refractivity (Wildman–Crippen MR) is 84.0 cm³/mol. The number of hydrogen-bond acceptors (Lipinski definition) is 3. The minimum Gasteiger partial charge on any atom is -0.444 e. The van der Waals surface area contributed by atoms with E-state index in [9.17, 15) is 4.79 Å². The van der Waals surface area contributed by atoms with Crippen LogP contribution in [0.1, 0.15) is 32.8 Å². The Morgan fingerprint density at radius 2 is 2.24 bits per heavy atom. The van der Waals surface area contributed by atoms with Crippen LogP contribution in [-0.2, 0) is 4.74 Å². The Bertz CT molecular complexity index is 638. The van der Waals surface area contributed by atoms with E-state index in [-0.39, 0.29) is 6.09 Å². The smallest absolute Gasteiger partial charge is 0.407 e. The summed E-state index contributed by atoms with van der Waals surface area (Å²) in [4.78, 5) is 18.8. The maximum atomic E-state index is 11.5. The van der Waals surface area contributed by atoms with E-state index in [0.29, 0.717) is 6.54 Å². The number of aromatic nitrogens is 2. The summed E-state index contributed by atoms with van der Waals surface area (Å²) < 4.78 is 5.16. The summed E-state index contributed by atoms with van der Waals surface area (Å²) in [5.41, 5.74) is 1.53. The molecule has 0 saturated carbocycles. The lowest BCUT2D eigenvalue weighted by Gasteiger charge is -2.19. The van der Waals surface area contributed by atoms with Gasteiger partial charge in [0.2, 0.25) is 0 Å². The largest absolute Gasteiger partial charge is 0.444 e. The first-order chi connectivity index (χ1) is 9.96. The first-order valence-corrected chi connectivity index (χ1v) is 7.01. The average molecular weight is 287 g/mol. The Morgan fingerprint density at radius 3 is 3.00 bits per heavy atom. The SMILES string of the molecule is CC(C)(C)OC(=O)NCCC=Cc1ccnc2[nH]ccc12. The molecule has 5 nitrogen and oxygen atoms in total. The maximum absolute atomic E-state index is 11.5. The Hall–Kier alpha value is -2.30. The first-order valence-electron chi connectivity index (χ1n) is 7.01. The standard InChI is InChI=1S/C16H21N3O2/c1-16(2,3)21-15(20)19-9-5-4-6-12-7-10-17-14-13(12)8-11-18-14/h4,6-8,10-11H,5,9H2,1-3H3,(H,17,18)(H,19,20). The summed E-state index contributed by atoms with van der Waals surface area (Å²) in [7, 11) is 0. The van der Waals surface area contributed by atoms with Crippen LogP contribution in [0.2, 0.25) is 0 Å². The molecule has 0 spiro atoms. The molecule has 0 saturated heterocycles. The maximum Gasteiger partial charge on any atom is 0.407 e. The van der Waals surface area contributed by atoms with Gasteiger partial charge in [-0.2, -0.15) is 0 Å². The van der Waals surface area contributed by atoms with Crippen molar-refractivity contribution in [3.8, 4) is 0 Å². The second kappa shape index (κ2) is 6.43. The molecule has 5 heteroatoms. The quantitative estimate of drug-likeness (QED) is 0.846. The number of carbonyl (C=O) groups is 1. The number of hydrogen-bond donors (Lipinski definition) is 2. The molecule has 1 amide bonds. The molecule has 0 aliphatic heterocycles. The van der Waals surface area contributed by atoms with Crippen LogP contribution in [0.5, 0.6) is 0 Å². The molecule has 112 valence electrons. The molecule has 0 aliphatic carbocycles. The molecule has 21 heavy (non-hydrogen) atoms. The molecule has 0 fully saturated rings. The van der Waals surface area contributed by atoms with Gasteiger partial charge in [-0.25, -0.2) is 9.78 Å². The van der Waals surface area contributed by atoms with Crippen LogP contribution in [0.25, 0.3) is 17.1 Å². The summed E-state index contributed by atoms with van der Waals surface area (Å²) in [5, 5.41) is 3.82. The number of carbonyl (C=O) groups excluding carboxylic acids is 1. The highest BCUT2D eigenvalue weighted by Crippen LogP contribution is 2.16. The van der Waals surface area contributed by atoms with Crippen molar-refractivity contribution >= 4 is 23.2 Å². The topological polar surface area (TPSA) is 67.0 Å². The second-order valence-corrected chi connectivity index (χ2v) is 5.76. The zero-order valence-electron chi connectivity index (χ0n) is 12.6. The van der Waals surface area contributed by atoms with E-state index in [1.54, 1.807) is 6.20 Å². The van der Waals surface area contributed by atoms with Gasteiger partial charge < -0.3 is 15.0 Å². The lowest BCUT2D eigenvalue weighted by molar-refractivity contribution is 0.0529. The number of pyridine rings is 1. The molecule has 0 aliphatic rings. The number of fused-ring (bicyclic) bond motifs is 1. The number of nitrogens with one attached hydrogen (secondary N) is 2. The number of amides is 1. The number of aromatic amines is 1. The van der Waals surface area contributed by atoms with E-state index in [1.165, 1.54) is 0 Å². The van der Waals surface area contributed by atoms with E-state index in [4.69, 9.17) is 4.74 Å². The van der Waals surface area contributed by atoms with Gasteiger partial charge in [-0.15, -0.1) is 0 Å². The molecule has 2 aromatic rings. The van der Waals surface area contributed by atoms with Gasteiger partial charge in [0.05, 0.1) is 0 Å². The minimum absolute atomic E-state index is 0.382. The molecule has 2 N–H and O–H groups in total. The molecule has 0 radical (unpaired) electrons. The van der Waals surface area contributed by atoms with Crippen molar-refractivity contribution in [2.24, 2.45) is 0 Å². The van der Waals surface area contributed by atoms with Crippen LogP contribution in [0, 0.1) is 0 Å². The van der Waals surface area contributed by atoms with Crippen molar-refractivity contribution in [3.63, 3.8) is 0 Å². The summed E-state index contributed by atoms with van der Waals surface area (Å²) in [6, 6.07) is 3.97. The van der Waals surface area contributed by atoms with Crippen molar-refractivity contribution < 1.29 is 9.53 Å². The Morgan fingerprint density at radius 1 is 1.43 bits per heavy atom. The van der Waals surface area contributed by atoms with Gasteiger partial charge in [0.25, 0.3) is 0 Å². The van der Waals surface area contributed by atoms with Crippen molar-refractivity contribution in [2.45, 2.75) is 32.8 Å². The molecule has 0 atom stereocenters. The van der Waals surface area contributed by atoms with Crippen LogP contribution in [-0.4, -0.2) is 28.2 Å². The third-order valence-corrected chi connectivity index (χ3v) is 2.77. The average Bonchev–Trinajstić information content (AvgIpc) is 2.85. The molecule has 2 heterocycles. The van der Waals surface area contributed by atoms with Gasteiger partial charge in [0.15, 0.2) is 0 Å². The van der Waals surface area contributed by atoms with E-state index >= 15 is 0 Å². The second-order valence-electron chi connectivity index (χ2n) is 5.76. The van der Waals surface area contributed by atoms with Gasteiger partial charge in [0, 0.05) is 24.3 Å².